The maximum absolute atomic E-state index is 9.68. The average Bonchev–Trinajstić information content (AvgIpc) is 2.66. The van der Waals surface area contributed by atoms with Gasteiger partial charge in [-0.25, -0.2) is 4.18 Å². The first kappa shape index (κ1) is 15.9. The molecule has 0 aromatic carbocycles. The van der Waals surface area contributed by atoms with Crippen LogP contribution in [0.25, 0.3) is 0 Å². The third-order valence-corrected chi connectivity index (χ3v) is 2.01. The molecule has 0 atom stereocenters. The van der Waals surface area contributed by atoms with Crippen LogP contribution in [0.5, 0.6) is 0 Å². The van der Waals surface area contributed by atoms with Crippen molar-refractivity contribution in [1.29, 1.82) is 0 Å². The first-order chi connectivity index (χ1) is 7.85. The third kappa shape index (κ3) is 11.2. The summed E-state index contributed by atoms with van der Waals surface area (Å²) >= 11 is 0. The van der Waals surface area contributed by atoms with E-state index in [2.05, 4.69) is 53.7 Å². The normalized spacial score (nSPS) is 10.8. The predicted octanol–water partition coefficient (Wildman–Crippen LogP) is 2.14. The molecule has 6 heteroatoms. The number of aromatic nitrogens is 1. The van der Waals surface area contributed by atoms with Gasteiger partial charge in [0.25, 0.3) is 0 Å². The fourth-order valence-electron chi connectivity index (χ4n) is 1.05. The molecule has 5 nitrogen and oxygen atoms in total. The Morgan fingerprint density at radius 1 is 1.41 bits per heavy atom. The van der Waals surface area contributed by atoms with Crippen molar-refractivity contribution in [3.63, 3.8) is 0 Å². The lowest BCUT2D eigenvalue weighted by Crippen LogP contribution is -2.02. The minimum absolute atomic E-state index is 0.196. The summed E-state index contributed by atoms with van der Waals surface area (Å²) in [5.74, 6) is 0.748. The fraction of sp³-hybridized carbons (Fsp3) is 0.455. The first-order valence-corrected chi connectivity index (χ1v) is 6.55. The van der Waals surface area contributed by atoms with Crippen molar-refractivity contribution in [2.45, 2.75) is 20.4 Å². The molecule has 0 spiro atoms. The molecule has 1 aromatic heterocycles. The smallest absolute Gasteiger partial charge is 0.354 e. The Bertz CT molecular complexity index is 395. The van der Waals surface area contributed by atoms with Gasteiger partial charge in [0.2, 0.25) is 0 Å². The predicted molar refractivity (Wildman–Crippen MR) is 67.0 cm³/mol. The van der Waals surface area contributed by atoms with Gasteiger partial charge in [-0.1, -0.05) is 19.9 Å². The molecular formula is C11H19NO4S. The molecule has 0 fully saturated rings. The van der Waals surface area contributed by atoms with E-state index < -0.39 is 10.4 Å². The van der Waals surface area contributed by atoms with Crippen LogP contribution >= 0.6 is 0 Å². The minimum Gasteiger partial charge on any atom is -0.354 e. The zero-order valence-electron chi connectivity index (χ0n) is 10.1. The van der Waals surface area contributed by atoms with Crippen molar-refractivity contribution in [3.05, 3.63) is 37.2 Å². The molecule has 0 saturated carbocycles. The second-order valence-corrected chi connectivity index (χ2v) is 4.87. The van der Waals surface area contributed by atoms with Gasteiger partial charge in [-0.3, -0.25) is 4.55 Å². The molecule has 1 heterocycles. The van der Waals surface area contributed by atoms with E-state index in [-0.39, 0.29) is 6.61 Å². The van der Waals surface area contributed by atoms with Crippen molar-refractivity contribution in [3.8, 4) is 0 Å². The van der Waals surface area contributed by atoms with Crippen LogP contribution in [0.15, 0.2) is 37.2 Å². The maximum Gasteiger partial charge on any atom is 0.397 e. The second-order valence-electron chi connectivity index (χ2n) is 3.77. The molecular weight excluding hydrogens is 242 g/mol. The molecule has 0 bridgehead atoms. The Balaban J connectivity index is 0.000000304. The lowest BCUT2D eigenvalue weighted by Gasteiger charge is -2.04. The highest BCUT2D eigenvalue weighted by atomic mass is 32.3. The van der Waals surface area contributed by atoms with Crippen molar-refractivity contribution < 1.29 is 17.2 Å². The molecule has 98 valence electrons. The molecule has 17 heavy (non-hydrogen) atoms. The third-order valence-electron chi connectivity index (χ3n) is 1.58. The molecule has 1 aromatic rings. The Labute approximate surface area is 103 Å². The molecule has 1 rings (SSSR count). The van der Waals surface area contributed by atoms with Gasteiger partial charge >= 0.3 is 10.4 Å². The quantitative estimate of drug-likeness (QED) is 0.651. The molecule has 0 saturated heterocycles. The van der Waals surface area contributed by atoms with Crippen LogP contribution in [-0.2, 0) is 21.1 Å². The summed E-state index contributed by atoms with van der Waals surface area (Å²) in [5, 5.41) is 0. The largest absolute Gasteiger partial charge is 0.397 e. The van der Waals surface area contributed by atoms with E-state index in [0.717, 1.165) is 12.5 Å². The summed E-state index contributed by atoms with van der Waals surface area (Å²) in [7, 11) is -4.26. The molecule has 0 amide bonds. The van der Waals surface area contributed by atoms with E-state index in [1.807, 2.05) is 0 Å². The van der Waals surface area contributed by atoms with Gasteiger partial charge in [-0.05, 0) is 18.1 Å². The van der Waals surface area contributed by atoms with Crippen molar-refractivity contribution in [2.24, 2.45) is 5.92 Å². The van der Waals surface area contributed by atoms with Gasteiger partial charge in [0.1, 0.15) is 0 Å². The van der Waals surface area contributed by atoms with Crippen molar-refractivity contribution >= 4 is 10.4 Å². The van der Waals surface area contributed by atoms with Crippen molar-refractivity contribution in [1.82, 2.24) is 4.57 Å². The standard InChI is InChI=1S/C8H13N.C3H6O4S/c1-8(2)7-9-5-3-4-6-9;1-2-3-7-8(4,5)6/h3-6,8H,7H2,1-2H3;2H,1,3H2,(H,4,5,6). The SMILES string of the molecule is C=CCOS(=O)(=O)O.CC(C)Cn1cccc1. The topological polar surface area (TPSA) is 68.5 Å². The molecule has 0 radical (unpaired) electrons. The van der Waals surface area contributed by atoms with E-state index >= 15 is 0 Å². The zero-order valence-corrected chi connectivity index (χ0v) is 10.9. The highest BCUT2D eigenvalue weighted by molar-refractivity contribution is 7.80. The Kier molecular flexibility index (Phi) is 7.53. The van der Waals surface area contributed by atoms with Crippen LogP contribution in [0.4, 0.5) is 0 Å². The molecule has 0 aliphatic carbocycles. The van der Waals surface area contributed by atoms with Crippen LogP contribution in [-0.4, -0.2) is 24.1 Å². The van der Waals surface area contributed by atoms with E-state index in [1.165, 1.54) is 6.08 Å². The monoisotopic (exact) mass is 261 g/mol. The van der Waals surface area contributed by atoms with Crippen LogP contribution < -0.4 is 0 Å². The summed E-state index contributed by atoms with van der Waals surface area (Å²) in [6, 6.07) is 4.12. The maximum atomic E-state index is 9.68. The van der Waals surface area contributed by atoms with Gasteiger partial charge in [-0.15, -0.1) is 6.58 Å². The molecule has 0 aliphatic heterocycles. The lowest BCUT2D eigenvalue weighted by molar-refractivity contribution is 0.296. The Morgan fingerprint density at radius 3 is 2.24 bits per heavy atom. The second kappa shape index (κ2) is 8.05. The average molecular weight is 261 g/mol. The van der Waals surface area contributed by atoms with Gasteiger partial charge in [-0.2, -0.15) is 8.42 Å². The van der Waals surface area contributed by atoms with Gasteiger partial charge in [0.15, 0.2) is 0 Å². The summed E-state index contributed by atoms with van der Waals surface area (Å²) < 4.78 is 33.2. The van der Waals surface area contributed by atoms with Crippen LogP contribution in [0.2, 0.25) is 0 Å². The number of rotatable bonds is 5. The molecule has 1 N–H and O–H groups in total. The number of hydrogen-bond acceptors (Lipinski definition) is 3. The Morgan fingerprint density at radius 2 is 1.94 bits per heavy atom. The number of nitrogens with zero attached hydrogens (tertiary/aromatic N) is 1. The van der Waals surface area contributed by atoms with E-state index in [4.69, 9.17) is 4.55 Å². The highest BCUT2D eigenvalue weighted by Gasteiger charge is 1.99. The first-order valence-electron chi connectivity index (χ1n) is 5.18. The molecule has 0 aliphatic rings. The Hall–Kier alpha value is -1.11. The van der Waals surface area contributed by atoms with E-state index in [1.54, 1.807) is 0 Å². The van der Waals surface area contributed by atoms with E-state index in [9.17, 15) is 8.42 Å². The highest BCUT2D eigenvalue weighted by Crippen LogP contribution is 1.98. The van der Waals surface area contributed by atoms with Crippen LogP contribution in [0.1, 0.15) is 13.8 Å². The van der Waals surface area contributed by atoms with Crippen LogP contribution in [0, 0.1) is 5.92 Å². The fourth-order valence-corrected chi connectivity index (χ4v) is 1.32. The van der Waals surface area contributed by atoms with Crippen molar-refractivity contribution in [2.75, 3.05) is 6.61 Å². The van der Waals surface area contributed by atoms with Gasteiger partial charge in [0, 0.05) is 18.9 Å². The molecule has 0 unspecified atom stereocenters. The number of hydrogen-bond donors (Lipinski definition) is 1. The minimum atomic E-state index is -4.26. The lowest BCUT2D eigenvalue weighted by atomic mass is 10.2. The summed E-state index contributed by atoms with van der Waals surface area (Å²) in [5.41, 5.74) is 0. The summed E-state index contributed by atoms with van der Waals surface area (Å²) in [6.07, 6.45) is 5.41. The zero-order chi connectivity index (χ0) is 13.3. The van der Waals surface area contributed by atoms with Gasteiger partial charge in [0.05, 0.1) is 6.61 Å². The van der Waals surface area contributed by atoms with Crippen LogP contribution in [0.3, 0.4) is 0 Å². The van der Waals surface area contributed by atoms with E-state index in [0.29, 0.717) is 0 Å². The van der Waals surface area contributed by atoms with Gasteiger partial charge < -0.3 is 4.57 Å². The summed E-state index contributed by atoms with van der Waals surface area (Å²) in [4.78, 5) is 0. The summed E-state index contributed by atoms with van der Waals surface area (Å²) in [6.45, 7) is 8.54.